The predicted molar refractivity (Wildman–Crippen MR) is 65.0 cm³/mol. The molecule has 1 aliphatic rings. The van der Waals surface area contributed by atoms with Crippen molar-refractivity contribution in [2.45, 2.75) is 26.3 Å². The van der Waals surface area contributed by atoms with E-state index in [2.05, 4.69) is 11.8 Å². The van der Waals surface area contributed by atoms with Gasteiger partial charge < -0.3 is 0 Å². The van der Waals surface area contributed by atoms with Crippen LogP contribution in [0.15, 0.2) is 18.2 Å². The Morgan fingerprint density at radius 2 is 2.29 bits per heavy atom. The number of benzene rings is 1. The molecule has 0 atom stereocenters. The highest BCUT2D eigenvalue weighted by atomic mass is 16.5. The third-order valence-electron chi connectivity index (χ3n) is 3.33. The number of nitrogens with one attached hydrogen (secondary N) is 1. The molecule has 0 fully saturated rings. The van der Waals surface area contributed by atoms with E-state index < -0.39 is 5.91 Å². The van der Waals surface area contributed by atoms with E-state index in [9.17, 15) is 4.79 Å². The zero-order chi connectivity index (χ0) is 12.3. The molecule has 4 nitrogen and oxygen atoms in total. The van der Waals surface area contributed by atoms with Gasteiger partial charge in [-0.2, -0.15) is 0 Å². The number of nitrogens with zero attached hydrogens (tertiary/aromatic N) is 1. The SMILES string of the molecule is CCN1CCCc2ccc(C(=O)NO)cc2C1. The quantitative estimate of drug-likeness (QED) is 0.603. The Balaban J connectivity index is 2.29. The summed E-state index contributed by atoms with van der Waals surface area (Å²) in [6, 6.07) is 5.65. The second-order valence-corrected chi connectivity index (χ2v) is 4.40. The fraction of sp³-hybridized carbons (Fsp3) is 0.462. The molecule has 2 N–H and O–H groups in total. The average molecular weight is 234 g/mol. The lowest BCUT2D eigenvalue weighted by Crippen LogP contribution is -2.23. The fourth-order valence-electron chi connectivity index (χ4n) is 2.31. The van der Waals surface area contributed by atoms with E-state index in [1.54, 1.807) is 11.5 Å². The Hall–Kier alpha value is -1.39. The van der Waals surface area contributed by atoms with Gasteiger partial charge >= 0.3 is 0 Å². The first-order valence-corrected chi connectivity index (χ1v) is 6.03. The van der Waals surface area contributed by atoms with Crippen LogP contribution in [0.5, 0.6) is 0 Å². The van der Waals surface area contributed by atoms with Gasteiger partial charge in [-0.1, -0.05) is 13.0 Å². The Morgan fingerprint density at radius 3 is 3.00 bits per heavy atom. The molecule has 1 heterocycles. The van der Waals surface area contributed by atoms with E-state index >= 15 is 0 Å². The fourth-order valence-corrected chi connectivity index (χ4v) is 2.31. The van der Waals surface area contributed by atoms with Gasteiger partial charge in [0.05, 0.1) is 0 Å². The van der Waals surface area contributed by atoms with Crippen LogP contribution in [-0.4, -0.2) is 29.1 Å². The molecule has 0 aliphatic carbocycles. The minimum Gasteiger partial charge on any atom is -0.299 e. The van der Waals surface area contributed by atoms with Crippen LogP contribution in [0.25, 0.3) is 0 Å². The lowest BCUT2D eigenvalue weighted by atomic mass is 10.0. The molecule has 0 aromatic heterocycles. The topological polar surface area (TPSA) is 52.6 Å². The molecule has 1 aromatic rings. The number of carbonyl (C=O) groups excluding carboxylic acids is 1. The number of carbonyl (C=O) groups is 1. The van der Waals surface area contributed by atoms with Crippen LogP contribution in [0.3, 0.4) is 0 Å². The lowest BCUT2D eigenvalue weighted by Gasteiger charge is -2.17. The number of rotatable bonds is 2. The van der Waals surface area contributed by atoms with E-state index in [0.29, 0.717) is 5.56 Å². The van der Waals surface area contributed by atoms with E-state index in [4.69, 9.17) is 5.21 Å². The largest absolute Gasteiger partial charge is 0.299 e. The van der Waals surface area contributed by atoms with Gasteiger partial charge in [-0.05, 0) is 49.2 Å². The Morgan fingerprint density at radius 1 is 1.47 bits per heavy atom. The van der Waals surface area contributed by atoms with Crippen molar-refractivity contribution < 1.29 is 10.0 Å². The van der Waals surface area contributed by atoms with E-state index in [0.717, 1.165) is 32.5 Å². The maximum atomic E-state index is 11.4. The van der Waals surface area contributed by atoms with Gasteiger partial charge in [0.25, 0.3) is 5.91 Å². The number of aryl methyl sites for hydroxylation is 1. The van der Waals surface area contributed by atoms with Crippen LogP contribution < -0.4 is 5.48 Å². The molecule has 92 valence electrons. The van der Waals surface area contributed by atoms with Crippen molar-refractivity contribution in [3.05, 3.63) is 34.9 Å². The Kier molecular flexibility index (Phi) is 3.76. The van der Waals surface area contributed by atoms with Gasteiger partial charge in [0.2, 0.25) is 0 Å². The van der Waals surface area contributed by atoms with Crippen molar-refractivity contribution in [3.63, 3.8) is 0 Å². The number of amides is 1. The number of hydrogen-bond donors (Lipinski definition) is 2. The van der Waals surface area contributed by atoms with Crippen molar-refractivity contribution in [3.8, 4) is 0 Å². The van der Waals surface area contributed by atoms with Crippen molar-refractivity contribution in [2.75, 3.05) is 13.1 Å². The molecule has 0 radical (unpaired) electrons. The molecule has 1 amide bonds. The smallest absolute Gasteiger partial charge is 0.274 e. The molecule has 1 aromatic carbocycles. The van der Waals surface area contributed by atoms with Gasteiger partial charge in [-0.3, -0.25) is 14.9 Å². The van der Waals surface area contributed by atoms with Crippen LogP contribution in [0, 0.1) is 0 Å². The van der Waals surface area contributed by atoms with E-state index in [-0.39, 0.29) is 0 Å². The molecular formula is C13H18N2O2. The zero-order valence-electron chi connectivity index (χ0n) is 10.1. The van der Waals surface area contributed by atoms with E-state index in [1.807, 2.05) is 12.1 Å². The summed E-state index contributed by atoms with van der Waals surface area (Å²) in [4.78, 5) is 13.7. The summed E-state index contributed by atoms with van der Waals surface area (Å²) in [6.07, 6.45) is 2.22. The van der Waals surface area contributed by atoms with Crippen molar-refractivity contribution >= 4 is 5.91 Å². The second-order valence-electron chi connectivity index (χ2n) is 4.40. The highest BCUT2D eigenvalue weighted by Gasteiger charge is 2.15. The van der Waals surface area contributed by atoms with Crippen LogP contribution in [0.2, 0.25) is 0 Å². The molecule has 0 saturated carbocycles. The minimum absolute atomic E-state index is 0.444. The molecule has 0 bridgehead atoms. The number of hydrogen-bond acceptors (Lipinski definition) is 3. The predicted octanol–water partition coefficient (Wildman–Crippen LogP) is 1.57. The maximum Gasteiger partial charge on any atom is 0.274 e. The molecular weight excluding hydrogens is 216 g/mol. The van der Waals surface area contributed by atoms with Gasteiger partial charge in [0, 0.05) is 12.1 Å². The highest BCUT2D eigenvalue weighted by Crippen LogP contribution is 2.20. The van der Waals surface area contributed by atoms with Crippen LogP contribution >= 0.6 is 0 Å². The molecule has 0 saturated heterocycles. The molecule has 0 spiro atoms. The summed E-state index contributed by atoms with van der Waals surface area (Å²) in [6.45, 7) is 5.16. The monoisotopic (exact) mass is 234 g/mol. The first-order chi connectivity index (χ1) is 8.24. The van der Waals surface area contributed by atoms with E-state index in [1.165, 1.54) is 11.1 Å². The van der Waals surface area contributed by atoms with Crippen molar-refractivity contribution in [1.82, 2.24) is 10.4 Å². The minimum atomic E-state index is -0.444. The van der Waals surface area contributed by atoms with Crippen LogP contribution in [-0.2, 0) is 13.0 Å². The van der Waals surface area contributed by atoms with Gasteiger partial charge in [0.15, 0.2) is 0 Å². The summed E-state index contributed by atoms with van der Waals surface area (Å²) in [5, 5.41) is 8.64. The maximum absolute atomic E-state index is 11.4. The lowest BCUT2D eigenvalue weighted by molar-refractivity contribution is 0.0706. The average Bonchev–Trinajstić information content (AvgIpc) is 2.58. The Labute approximate surface area is 101 Å². The van der Waals surface area contributed by atoms with Crippen molar-refractivity contribution in [2.24, 2.45) is 0 Å². The van der Waals surface area contributed by atoms with Crippen LogP contribution in [0.1, 0.15) is 34.8 Å². The first kappa shape index (κ1) is 12.1. The summed E-state index contributed by atoms with van der Waals surface area (Å²) < 4.78 is 0. The second kappa shape index (κ2) is 5.29. The first-order valence-electron chi connectivity index (χ1n) is 6.03. The molecule has 0 unspecified atom stereocenters. The summed E-state index contributed by atoms with van der Waals surface area (Å²) >= 11 is 0. The van der Waals surface area contributed by atoms with Gasteiger partial charge in [-0.15, -0.1) is 0 Å². The van der Waals surface area contributed by atoms with Gasteiger partial charge in [0.1, 0.15) is 0 Å². The summed E-state index contributed by atoms with van der Waals surface area (Å²) in [5.41, 5.74) is 4.71. The highest BCUT2D eigenvalue weighted by molar-refractivity contribution is 5.93. The summed E-state index contributed by atoms with van der Waals surface area (Å²) in [5.74, 6) is -0.444. The van der Waals surface area contributed by atoms with Crippen molar-refractivity contribution in [1.29, 1.82) is 0 Å². The molecule has 1 aliphatic heterocycles. The Bertz CT molecular complexity index is 418. The molecule has 2 rings (SSSR count). The summed E-state index contributed by atoms with van der Waals surface area (Å²) in [7, 11) is 0. The zero-order valence-corrected chi connectivity index (χ0v) is 10.1. The third kappa shape index (κ3) is 2.65. The third-order valence-corrected chi connectivity index (χ3v) is 3.33. The normalized spacial score (nSPS) is 16.1. The van der Waals surface area contributed by atoms with Crippen LogP contribution in [0.4, 0.5) is 0 Å². The standard InChI is InChI=1S/C13H18N2O2/c1-2-15-7-3-4-10-5-6-11(13(16)14-17)8-12(10)9-15/h5-6,8,17H,2-4,7,9H2,1H3,(H,14,16). The number of fused-ring (bicyclic) bond motifs is 1. The molecule has 17 heavy (non-hydrogen) atoms. The molecule has 4 heteroatoms. The van der Waals surface area contributed by atoms with Gasteiger partial charge in [-0.25, -0.2) is 5.48 Å². The number of hydroxylamine groups is 1.